The molecule has 33 heavy (non-hydrogen) atoms. The average molecular weight is 473 g/mol. The number of ether oxygens (including phenoxy) is 1. The third-order valence-corrected chi connectivity index (χ3v) is 7.97. The number of nitrogens with zero attached hydrogens (tertiary/aromatic N) is 3. The van der Waals surface area contributed by atoms with Gasteiger partial charge in [-0.05, 0) is 42.7 Å². The molecule has 0 bridgehead atoms. The molecule has 4 rings (SSSR count). The molecule has 0 unspecified atom stereocenters. The van der Waals surface area contributed by atoms with Crippen molar-refractivity contribution in [1.82, 2.24) is 14.1 Å². The highest BCUT2D eigenvalue weighted by Gasteiger charge is 2.40. The highest BCUT2D eigenvalue weighted by Crippen LogP contribution is 2.35. The number of aromatic nitrogens is 2. The van der Waals surface area contributed by atoms with Crippen LogP contribution >= 0.6 is 0 Å². The van der Waals surface area contributed by atoms with Crippen molar-refractivity contribution in [2.75, 3.05) is 19.7 Å². The summed E-state index contributed by atoms with van der Waals surface area (Å²) in [6, 6.07) is 12.1. The molecular weight excluding hydrogens is 444 g/mol. The molecule has 176 valence electrons. The molecule has 2 heterocycles. The minimum absolute atomic E-state index is 0.0233. The first-order chi connectivity index (χ1) is 15.8. The van der Waals surface area contributed by atoms with Gasteiger partial charge in [0.2, 0.25) is 10.0 Å². The first-order valence-corrected chi connectivity index (χ1v) is 12.3. The maximum absolute atomic E-state index is 13.5. The van der Waals surface area contributed by atoms with Crippen LogP contribution in [0.1, 0.15) is 31.1 Å². The number of carbonyl (C=O) groups is 1. The fraction of sp³-hybridized carbons (Fsp3) is 0.391. The van der Waals surface area contributed by atoms with Gasteiger partial charge in [0.1, 0.15) is 5.75 Å². The Bertz CT molecular complexity index is 1290. The molecule has 2 atom stereocenters. The van der Waals surface area contributed by atoms with E-state index in [0.717, 1.165) is 10.9 Å². The quantitative estimate of drug-likeness (QED) is 0.515. The number of carboxylic acids is 1. The molecule has 2 aromatic carbocycles. The van der Waals surface area contributed by atoms with Gasteiger partial charge < -0.3 is 15.6 Å². The molecule has 10 heteroatoms. The van der Waals surface area contributed by atoms with E-state index < -0.39 is 16.0 Å². The van der Waals surface area contributed by atoms with E-state index >= 15 is 0 Å². The van der Waals surface area contributed by atoms with E-state index in [4.69, 9.17) is 10.5 Å². The first kappa shape index (κ1) is 23.2. The molecule has 0 aliphatic carbocycles. The lowest BCUT2D eigenvalue weighted by Gasteiger charge is -2.19. The molecule has 0 radical (unpaired) electrons. The minimum atomic E-state index is -3.79. The second-order valence-electron chi connectivity index (χ2n) is 8.25. The predicted molar refractivity (Wildman–Crippen MR) is 124 cm³/mol. The van der Waals surface area contributed by atoms with Crippen LogP contribution in [-0.4, -0.2) is 53.3 Å². The van der Waals surface area contributed by atoms with Crippen LogP contribution in [0.5, 0.6) is 5.75 Å². The summed E-state index contributed by atoms with van der Waals surface area (Å²) < 4.78 is 35.8. The zero-order valence-electron chi connectivity index (χ0n) is 18.6. The summed E-state index contributed by atoms with van der Waals surface area (Å²) in [6.45, 7) is 4.95. The summed E-state index contributed by atoms with van der Waals surface area (Å²) in [5.41, 5.74) is 7.64. The molecule has 1 saturated heterocycles. The Kier molecular flexibility index (Phi) is 6.42. The van der Waals surface area contributed by atoms with Crippen LogP contribution in [-0.2, 0) is 27.8 Å². The lowest BCUT2D eigenvalue weighted by molar-refractivity contribution is -0.136. The van der Waals surface area contributed by atoms with E-state index in [1.54, 1.807) is 22.9 Å². The van der Waals surface area contributed by atoms with Crippen molar-refractivity contribution in [3.8, 4) is 5.75 Å². The topological polar surface area (TPSA) is 128 Å². The van der Waals surface area contributed by atoms with Crippen molar-refractivity contribution in [1.29, 1.82) is 0 Å². The Morgan fingerprint density at radius 3 is 2.70 bits per heavy atom. The van der Waals surface area contributed by atoms with Crippen LogP contribution in [0, 0.1) is 5.92 Å². The van der Waals surface area contributed by atoms with E-state index in [2.05, 4.69) is 5.10 Å². The number of hydrogen-bond donors (Lipinski definition) is 2. The number of sulfonamides is 1. The number of fused-ring (bicyclic) bond motifs is 1. The normalized spacial score (nSPS) is 19.2. The lowest BCUT2D eigenvalue weighted by Crippen LogP contribution is -2.30. The van der Waals surface area contributed by atoms with Crippen LogP contribution in [0.2, 0.25) is 0 Å². The van der Waals surface area contributed by atoms with Crippen LogP contribution in [0.15, 0.2) is 47.4 Å². The first-order valence-electron chi connectivity index (χ1n) is 10.9. The smallest absolute Gasteiger partial charge is 0.309 e. The summed E-state index contributed by atoms with van der Waals surface area (Å²) in [4.78, 5) is 11.5. The summed E-state index contributed by atoms with van der Waals surface area (Å²) >= 11 is 0. The van der Waals surface area contributed by atoms with Gasteiger partial charge in [0.25, 0.3) is 0 Å². The van der Waals surface area contributed by atoms with Crippen LogP contribution in [0.3, 0.4) is 0 Å². The Hall–Kier alpha value is -2.95. The summed E-state index contributed by atoms with van der Waals surface area (Å²) in [6.07, 6.45) is -0.192. The van der Waals surface area contributed by atoms with E-state index in [-0.39, 0.29) is 36.4 Å². The molecular formula is C23H28N4O5S. The molecule has 1 aliphatic rings. The maximum Gasteiger partial charge on any atom is 0.309 e. The highest BCUT2D eigenvalue weighted by atomic mass is 32.2. The van der Waals surface area contributed by atoms with Crippen molar-refractivity contribution in [3.63, 3.8) is 0 Å². The Labute approximate surface area is 192 Å². The zero-order valence-corrected chi connectivity index (χ0v) is 19.5. The SMILES string of the molecule is CCOc1ccc(S(=O)(=O)N2C[C@@H](C)[C@@H](n3nc(CC(=O)O)c4ccccc43)C2)c(CN)c1. The number of para-hydroxylation sites is 1. The summed E-state index contributed by atoms with van der Waals surface area (Å²) in [5.74, 6) is -0.401. The van der Waals surface area contributed by atoms with Gasteiger partial charge in [-0.2, -0.15) is 9.40 Å². The van der Waals surface area contributed by atoms with E-state index in [0.29, 0.717) is 30.2 Å². The molecule has 1 aliphatic heterocycles. The molecule has 3 aromatic rings. The second kappa shape index (κ2) is 9.12. The van der Waals surface area contributed by atoms with E-state index in [9.17, 15) is 18.3 Å². The van der Waals surface area contributed by atoms with Crippen molar-refractivity contribution in [3.05, 3.63) is 53.7 Å². The average Bonchev–Trinajstić information content (AvgIpc) is 3.34. The van der Waals surface area contributed by atoms with Crippen LogP contribution in [0.25, 0.3) is 10.9 Å². The van der Waals surface area contributed by atoms with E-state index in [1.165, 1.54) is 4.31 Å². The molecule has 9 nitrogen and oxygen atoms in total. The van der Waals surface area contributed by atoms with Crippen LogP contribution < -0.4 is 10.5 Å². The molecule has 0 amide bonds. The predicted octanol–water partition coefficient (Wildman–Crippen LogP) is 2.40. The molecule has 1 aromatic heterocycles. The number of benzene rings is 2. The standard InChI is InChI=1S/C23H28N4O5S/c1-3-32-17-8-9-22(16(10-17)12-24)33(30,31)26-13-15(2)21(14-26)27-20-7-5-4-6-18(20)19(25-27)11-23(28)29/h4-10,15,21H,3,11-14,24H2,1-2H3,(H,28,29)/t15-,21+/m1/s1. The number of rotatable bonds is 8. The zero-order chi connectivity index (χ0) is 23.8. The fourth-order valence-corrected chi connectivity index (χ4v) is 6.24. The van der Waals surface area contributed by atoms with Crippen molar-refractivity contribution >= 4 is 26.9 Å². The van der Waals surface area contributed by atoms with Crippen molar-refractivity contribution < 1.29 is 23.1 Å². The molecule has 0 spiro atoms. The van der Waals surface area contributed by atoms with Gasteiger partial charge in [0.15, 0.2) is 0 Å². The monoisotopic (exact) mass is 472 g/mol. The highest BCUT2D eigenvalue weighted by molar-refractivity contribution is 7.89. The Morgan fingerprint density at radius 2 is 2.00 bits per heavy atom. The van der Waals surface area contributed by atoms with Crippen molar-refractivity contribution in [2.45, 2.75) is 37.8 Å². The summed E-state index contributed by atoms with van der Waals surface area (Å²) in [7, 11) is -3.79. The second-order valence-corrected chi connectivity index (χ2v) is 10.2. The Balaban J connectivity index is 1.68. The number of hydrogen-bond acceptors (Lipinski definition) is 6. The van der Waals surface area contributed by atoms with Gasteiger partial charge in [0.05, 0.1) is 35.2 Å². The maximum atomic E-state index is 13.5. The van der Waals surface area contributed by atoms with Crippen molar-refractivity contribution in [2.24, 2.45) is 11.7 Å². The third kappa shape index (κ3) is 4.33. The van der Waals surface area contributed by atoms with Gasteiger partial charge >= 0.3 is 5.97 Å². The summed E-state index contributed by atoms with van der Waals surface area (Å²) in [5, 5.41) is 14.6. The molecule has 1 fully saturated rings. The van der Waals surface area contributed by atoms with Crippen LogP contribution in [0.4, 0.5) is 0 Å². The van der Waals surface area contributed by atoms with Gasteiger partial charge in [-0.1, -0.05) is 25.1 Å². The fourth-order valence-electron chi connectivity index (χ4n) is 4.47. The Morgan fingerprint density at radius 1 is 1.24 bits per heavy atom. The molecule has 3 N–H and O–H groups in total. The van der Waals surface area contributed by atoms with Gasteiger partial charge in [0, 0.05) is 25.0 Å². The van der Waals surface area contributed by atoms with E-state index in [1.807, 2.05) is 38.1 Å². The third-order valence-electron chi connectivity index (χ3n) is 6.04. The van der Waals surface area contributed by atoms with Gasteiger partial charge in [-0.3, -0.25) is 9.48 Å². The van der Waals surface area contributed by atoms with Gasteiger partial charge in [-0.15, -0.1) is 0 Å². The minimum Gasteiger partial charge on any atom is -0.494 e. The number of aliphatic carboxylic acids is 1. The number of nitrogens with two attached hydrogens (primary N) is 1. The number of carboxylic acid groups (broad SMARTS) is 1. The van der Waals surface area contributed by atoms with Gasteiger partial charge in [-0.25, -0.2) is 8.42 Å². The molecule has 0 saturated carbocycles. The largest absolute Gasteiger partial charge is 0.494 e. The lowest BCUT2D eigenvalue weighted by atomic mass is 10.1.